The van der Waals surface area contributed by atoms with E-state index in [-0.39, 0.29) is 6.19 Å². The molecule has 0 heterocycles. The van der Waals surface area contributed by atoms with Crippen molar-refractivity contribution in [3.8, 4) is 0 Å². The van der Waals surface area contributed by atoms with Gasteiger partial charge in [-0.2, -0.15) is 4.40 Å². The van der Waals surface area contributed by atoms with Gasteiger partial charge in [0.05, 0.1) is 6.12 Å². The molecule has 1 aromatic rings. The predicted molar refractivity (Wildman–Crippen MR) is 66.9 cm³/mol. The molecule has 0 aromatic heterocycles. The zero-order chi connectivity index (χ0) is 12.3. The van der Waals surface area contributed by atoms with Gasteiger partial charge in [0.1, 0.15) is 11.0 Å². The first-order chi connectivity index (χ1) is 7.30. The summed E-state index contributed by atoms with van der Waals surface area (Å²) in [5, 5.41) is 0.605. The molecule has 0 N–H and O–H groups in total. The summed E-state index contributed by atoms with van der Waals surface area (Å²) in [6.45, 7) is 5.46. The van der Waals surface area contributed by atoms with Gasteiger partial charge in [0.25, 0.3) is 0 Å². The lowest BCUT2D eigenvalue weighted by atomic mass is 10.2. The number of hydrogen-bond donors (Lipinski definition) is 0. The lowest BCUT2D eigenvalue weighted by molar-refractivity contribution is 0.651. The molecular weight excluding hydrogens is 230 g/mol. The van der Waals surface area contributed by atoms with Gasteiger partial charge in [0.2, 0.25) is 0 Å². The molecule has 2 nitrogen and oxygen atoms in total. The lowest BCUT2D eigenvalue weighted by Gasteiger charge is -2.12. The minimum absolute atomic E-state index is 0.0184. The SMILES string of the molecule is [2H]/C(=N\S(=O)C(C)(C)C)c1ccc(Cl)cc1. The summed E-state index contributed by atoms with van der Waals surface area (Å²) in [6.07, 6.45) is 0.0184. The van der Waals surface area contributed by atoms with E-state index in [1.165, 1.54) is 0 Å². The first-order valence-electron chi connectivity index (χ1n) is 5.04. The van der Waals surface area contributed by atoms with E-state index in [0.717, 1.165) is 0 Å². The van der Waals surface area contributed by atoms with Crippen molar-refractivity contribution in [2.45, 2.75) is 25.5 Å². The molecule has 0 saturated carbocycles. The summed E-state index contributed by atoms with van der Waals surface area (Å²) in [6, 6.07) is 6.74. The second kappa shape index (κ2) is 4.90. The van der Waals surface area contributed by atoms with E-state index in [1.54, 1.807) is 24.3 Å². The molecule has 1 atom stereocenters. The summed E-state index contributed by atoms with van der Waals surface area (Å²) < 4.78 is 22.8. The molecule has 4 heteroatoms. The van der Waals surface area contributed by atoms with E-state index in [2.05, 4.69) is 4.40 Å². The molecule has 0 fully saturated rings. The number of halogens is 1. The van der Waals surface area contributed by atoms with Crippen LogP contribution in [-0.2, 0) is 11.0 Å². The summed E-state index contributed by atoms with van der Waals surface area (Å²) in [4.78, 5) is 0. The highest BCUT2D eigenvalue weighted by molar-refractivity contribution is 7.85. The Morgan fingerprint density at radius 2 is 1.93 bits per heavy atom. The third-order valence-corrected chi connectivity index (χ3v) is 3.18. The molecule has 0 bridgehead atoms. The smallest absolute Gasteiger partial charge is 0.144 e. The van der Waals surface area contributed by atoms with Crippen molar-refractivity contribution < 1.29 is 5.58 Å². The molecule has 1 aromatic carbocycles. The number of nitrogens with zero attached hydrogens (tertiary/aromatic N) is 1. The maximum Gasteiger partial charge on any atom is 0.144 e. The average molecular weight is 245 g/mol. The van der Waals surface area contributed by atoms with Gasteiger partial charge in [0.15, 0.2) is 0 Å². The van der Waals surface area contributed by atoms with Gasteiger partial charge in [0, 0.05) is 11.2 Å². The molecule has 0 radical (unpaired) electrons. The summed E-state index contributed by atoms with van der Waals surface area (Å²) in [7, 11) is -1.41. The molecule has 15 heavy (non-hydrogen) atoms. The van der Waals surface area contributed by atoms with Crippen LogP contribution in [-0.4, -0.2) is 15.1 Å². The standard InChI is InChI=1S/C11H14ClNOS/c1-11(2,3)15(14)13-8-9-4-6-10(12)7-5-9/h4-8H,1-3H3/b13-8+/i8D. The van der Waals surface area contributed by atoms with Crippen molar-refractivity contribution in [1.29, 1.82) is 0 Å². The fourth-order valence-electron chi connectivity index (χ4n) is 0.756. The van der Waals surface area contributed by atoms with Crippen LogP contribution in [0.3, 0.4) is 0 Å². The Balaban J connectivity index is 2.94. The molecule has 0 saturated heterocycles. The van der Waals surface area contributed by atoms with Gasteiger partial charge in [-0.15, -0.1) is 0 Å². The van der Waals surface area contributed by atoms with Crippen LogP contribution >= 0.6 is 11.6 Å². The minimum atomic E-state index is -1.41. The molecule has 82 valence electrons. The Kier molecular flexibility index (Phi) is 3.54. The molecule has 0 aliphatic carbocycles. The topological polar surface area (TPSA) is 29.4 Å². The van der Waals surface area contributed by atoms with Gasteiger partial charge in [-0.05, 0) is 38.5 Å². The van der Waals surface area contributed by atoms with E-state index in [1.807, 2.05) is 20.8 Å². The van der Waals surface area contributed by atoms with E-state index in [9.17, 15) is 4.21 Å². The molecule has 0 aliphatic heterocycles. The van der Waals surface area contributed by atoms with Crippen LogP contribution in [0, 0.1) is 0 Å². The highest BCUT2D eigenvalue weighted by Crippen LogP contribution is 2.13. The van der Waals surface area contributed by atoms with Gasteiger partial charge < -0.3 is 0 Å². The van der Waals surface area contributed by atoms with Gasteiger partial charge >= 0.3 is 0 Å². The van der Waals surface area contributed by atoms with Gasteiger partial charge in [-0.25, -0.2) is 4.21 Å². The summed E-state index contributed by atoms with van der Waals surface area (Å²) in [5.41, 5.74) is 0.613. The van der Waals surface area contributed by atoms with Crippen molar-refractivity contribution >= 4 is 28.8 Å². The maximum atomic E-state index is 11.7. The van der Waals surface area contributed by atoms with Crippen molar-refractivity contribution in [2.24, 2.45) is 4.40 Å². The predicted octanol–water partition coefficient (Wildman–Crippen LogP) is 3.22. The normalized spacial score (nSPS) is 16.0. The van der Waals surface area contributed by atoms with Crippen LogP contribution in [0.15, 0.2) is 28.7 Å². The molecular formula is C11H14ClNOS. The molecule has 0 aliphatic rings. The van der Waals surface area contributed by atoms with Crippen molar-refractivity contribution in [3.05, 3.63) is 34.9 Å². The zero-order valence-electron chi connectivity index (χ0n) is 9.95. The van der Waals surface area contributed by atoms with E-state index in [0.29, 0.717) is 10.6 Å². The second-order valence-electron chi connectivity index (χ2n) is 4.07. The highest BCUT2D eigenvalue weighted by Gasteiger charge is 2.17. The fraction of sp³-hybridized carbons (Fsp3) is 0.364. The molecule has 0 amide bonds. The third kappa shape index (κ3) is 4.14. The van der Waals surface area contributed by atoms with Crippen molar-refractivity contribution in [2.75, 3.05) is 0 Å². The Bertz CT molecular complexity index is 423. The molecule has 1 rings (SSSR count). The first kappa shape index (κ1) is 10.8. The van der Waals surface area contributed by atoms with Gasteiger partial charge in [-0.1, -0.05) is 23.7 Å². The molecule has 1 unspecified atom stereocenters. The number of rotatable bonds is 2. The Morgan fingerprint density at radius 3 is 2.40 bits per heavy atom. The van der Waals surface area contributed by atoms with Crippen LogP contribution in [0.5, 0.6) is 0 Å². The second-order valence-corrected chi connectivity index (χ2v) is 6.41. The fourth-order valence-corrected chi connectivity index (χ4v) is 1.34. The van der Waals surface area contributed by atoms with Crippen LogP contribution in [0.25, 0.3) is 0 Å². The van der Waals surface area contributed by atoms with Crippen LogP contribution < -0.4 is 0 Å². The van der Waals surface area contributed by atoms with E-state index in [4.69, 9.17) is 13.0 Å². The monoisotopic (exact) mass is 244 g/mol. The van der Waals surface area contributed by atoms with Crippen LogP contribution in [0.1, 0.15) is 27.7 Å². The largest absolute Gasteiger partial charge is 0.234 e. The van der Waals surface area contributed by atoms with Gasteiger partial charge in [-0.3, -0.25) is 0 Å². The summed E-state index contributed by atoms with van der Waals surface area (Å²) >= 11 is 5.73. The van der Waals surface area contributed by atoms with Crippen molar-refractivity contribution in [3.63, 3.8) is 0 Å². The Hall–Kier alpha value is -0.670. The zero-order valence-corrected chi connectivity index (χ0v) is 10.5. The third-order valence-electron chi connectivity index (χ3n) is 1.63. The minimum Gasteiger partial charge on any atom is -0.234 e. The number of benzene rings is 1. The Labute approximate surface area is 99.4 Å². The van der Waals surface area contributed by atoms with Crippen LogP contribution in [0.2, 0.25) is 5.02 Å². The first-order valence-corrected chi connectivity index (χ1v) is 6.02. The number of hydrogen-bond acceptors (Lipinski definition) is 1. The Morgan fingerprint density at radius 1 is 1.40 bits per heavy atom. The lowest BCUT2D eigenvalue weighted by Crippen LogP contribution is -2.19. The van der Waals surface area contributed by atoms with E-state index < -0.39 is 15.7 Å². The molecule has 0 spiro atoms. The quantitative estimate of drug-likeness (QED) is 0.735. The van der Waals surface area contributed by atoms with Crippen molar-refractivity contribution in [1.82, 2.24) is 0 Å². The van der Waals surface area contributed by atoms with Crippen LogP contribution in [0.4, 0.5) is 0 Å². The summed E-state index contributed by atoms with van der Waals surface area (Å²) in [5.74, 6) is 0. The van der Waals surface area contributed by atoms with E-state index >= 15 is 0 Å². The average Bonchev–Trinajstić information content (AvgIpc) is 2.17. The highest BCUT2D eigenvalue weighted by atomic mass is 35.5. The maximum absolute atomic E-state index is 11.7.